The van der Waals surface area contributed by atoms with Crippen LogP contribution < -0.4 is 11.5 Å². The smallest absolute Gasteiger partial charge is 0.134 e. The molecule has 22 heavy (non-hydrogen) atoms. The van der Waals surface area contributed by atoms with Gasteiger partial charge in [0.2, 0.25) is 0 Å². The van der Waals surface area contributed by atoms with Crippen LogP contribution in [0.1, 0.15) is 24.3 Å². The standard InChI is InChI=1S/C15H24ClN5O/c1-10-7-13(20-22-10)14(18)12(15(16)19-2)9-21-5-3-11(8-17)4-6-21/h7,11H,3-6,8-9,17-18H2,1-2H3/b14-12-,19-15?. The Hall–Kier alpha value is -1.37. The summed E-state index contributed by atoms with van der Waals surface area (Å²) in [7, 11) is 1.66. The van der Waals surface area contributed by atoms with E-state index >= 15 is 0 Å². The normalized spacial score (nSPS) is 19.4. The van der Waals surface area contributed by atoms with Gasteiger partial charge in [0.1, 0.15) is 16.6 Å². The summed E-state index contributed by atoms with van der Waals surface area (Å²) in [5, 5.41) is 4.38. The first kappa shape index (κ1) is 17.0. The molecule has 6 nitrogen and oxygen atoms in total. The molecule has 0 bridgehead atoms. The molecule has 0 atom stereocenters. The van der Waals surface area contributed by atoms with Gasteiger partial charge in [-0.3, -0.25) is 9.89 Å². The molecule has 1 fully saturated rings. The van der Waals surface area contributed by atoms with Crippen molar-refractivity contribution in [1.29, 1.82) is 0 Å². The fraction of sp³-hybridized carbons (Fsp3) is 0.600. The van der Waals surface area contributed by atoms with E-state index in [1.807, 2.05) is 6.92 Å². The van der Waals surface area contributed by atoms with Gasteiger partial charge in [-0.05, 0) is 45.3 Å². The van der Waals surface area contributed by atoms with Crippen molar-refractivity contribution in [3.05, 3.63) is 23.1 Å². The van der Waals surface area contributed by atoms with E-state index in [0.29, 0.717) is 34.8 Å². The van der Waals surface area contributed by atoms with Crippen LogP contribution in [0, 0.1) is 12.8 Å². The molecule has 0 radical (unpaired) electrons. The molecular weight excluding hydrogens is 302 g/mol. The fourth-order valence-electron chi connectivity index (χ4n) is 2.65. The van der Waals surface area contributed by atoms with E-state index in [-0.39, 0.29) is 0 Å². The van der Waals surface area contributed by atoms with Gasteiger partial charge in [0.15, 0.2) is 0 Å². The first-order chi connectivity index (χ1) is 10.5. The van der Waals surface area contributed by atoms with Crippen LogP contribution in [0.3, 0.4) is 0 Å². The number of aliphatic imine (C=N–C) groups is 1. The zero-order valence-electron chi connectivity index (χ0n) is 13.2. The van der Waals surface area contributed by atoms with Crippen LogP contribution >= 0.6 is 11.6 Å². The van der Waals surface area contributed by atoms with Gasteiger partial charge in [0, 0.05) is 25.2 Å². The molecule has 1 aromatic heterocycles. The lowest BCUT2D eigenvalue weighted by Crippen LogP contribution is -2.38. The Kier molecular flexibility index (Phi) is 5.99. The second-order valence-corrected chi connectivity index (χ2v) is 6.04. The van der Waals surface area contributed by atoms with Gasteiger partial charge in [-0.1, -0.05) is 16.8 Å². The van der Waals surface area contributed by atoms with Crippen LogP contribution in [-0.4, -0.2) is 48.5 Å². The first-order valence-corrected chi connectivity index (χ1v) is 7.90. The Morgan fingerprint density at radius 2 is 2.18 bits per heavy atom. The molecule has 0 saturated carbocycles. The second kappa shape index (κ2) is 7.76. The molecule has 1 aliphatic rings. The van der Waals surface area contributed by atoms with E-state index in [0.717, 1.165) is 38.0 Å². The van der Waals surface area contributed by atoms with Gasteiger partial charge in [0.05, 0.1) is 5.70 Å². The Bertz CT molecular complexity index is 558. The predicted octanol–water partition coefficient (Wildman–Crippen LogP) is 1.59. The van der Waals surface area contributed by atoms with Crippen molar-refractivity contribution in [2.45, 2.75) is 19.8 Å². The topological polar surface area (TPSA) is 93.7 Å². The Morgan fingerprint density at radius 3 is 2.68 bits per heavy atom. The third-order valence-electron chi connectivity index (χ3n) is 4.10. The number of hydrogen-bond acceptors (Lipinski definition) is 6. The highest BCUT2D eigenvalue weighted by molar-refractivity contribution is 6.70. The minimum absolute atomic E-state index is 0.416. The summed E-state index contributed by atoms with van der Waals surface area (Å²) in [6.07, 6.45) is 2.21. The SMILES string of the molecule is CN=C(Cl)/C(CN1CCC(CN)CC1)=C(\N)c1cc(C)on1. The first-order valence-electron chi connectivity index (χ1n) is 7.52. The lowest BCUT2D eigenvalue weighted by atomic mass is 9.96. The van der Waals surface area contributed by atoms with Crippen LogP contribution in [-0.2, 0) is 0 Å². The third kappa shape index (κ3) is 4.09. The maximum atomic E-state index is 6.27. The fourth-order valence-corrected chi connectivity index (χ4v) is 2.81. The molecule has 0 amide bonds. The van der Waals surface area contributed by atoms with Gasteiger partial charge in [-0.15, -0.1) is 0 Å². The highest BCUT2D eigenvalue weighted by Crippen LogP contribution is 2.21. The molecule has 0 spiro atoms. The number of aromatic nitrogens is 1. The Labute approximate surface area is 136 Å². The molecular formula is C15H24ClN5O. The summed E-state index contributed by atoms with van der Waals surface area (Å²) >= 11 is 6.27. The zero-order chi connectivity index (χ0) is 16.1. The summed E-state index contributed by atoms with van der Waals surface area (Å²) in [6, 6.07) is 1.80. The van der Waals surface area contributed by atoms with E-state index in [2.05, 4.69) is 15.0 Å². The van der Waals surface area contributed by atoms with Crippen molar-refractivity contribution in [2.24, 2.45) is 22.4 Å². The zero-order valence-corrected chi connectivity index (χ0v) is 13.9. The molecule has 1 saturated heterocycles. The highest BCUT2D eigenvalue weighted by Gasteiger charge is 2.22. The number of nitrogens with zero attached hydrogens (tertiary/aromatic N) is 3. The monoisotopic (exact) mass is 325 g/mol. The average molecular weight is 326 g/mol. The van der Waals surface area contributed by atoms with E-state index in [1.165, 1.54) is 0 Å². The van der Waals surface area contributed by atoms with Gasteiger partial charge < -0.3 is 16.0 Å². The number of rotatable bonds is 5. The molecule has 7 heteroatoms. The van der Waals surface area contributed by atoms with Crippen LogP contribution in [0.4, 0.5) is 0 Å². The molecule has 4 N–H and O–H groups in total. The molecule has 1 aliphatic heterocycles. The molecule has 0 aromatic carbocycles. The van der Waals surface area contributed by atoms with Crippen LogP contribution in [0.5, 0.6) is 0 Å². The maximum absolute atomic E-state index is 6.27. The molecule has 2 rings (SSSR count). The summed E-state index contributed by atoms with van der Waals surface area (Å²) in [4.78, 5) is 6.41. The number of nitrogens with two attached hydrogens (primary N) is 2. The molecule has 2 heterocycles. The van der Waals surface area contributed by atoms with Crippen molar-refractivity contribution in [1.82, 2.24) is 10.1 Å². The van der Waals surface area contributed by atoms with Crippen molar-refractivity contribution in [2.75, 3.05) is 33.2 Å². The molecule has 0 unspecified atom stereocenters. The predicted molar refractivity (Wildman–Crippen MR) is 89.8 cm³/mol. The average Bonchev–Trinajstić information content (AvgIpc) is 2.98. The van der Waals surface area contributed by atoms with Gasteiger partial charge in [-0.25, -0.2) is 0 Å². The van der Waals surface area contributed by atoms with Crippen LogP contribution in [0.2, 0.25) is 0 Å². The van der Waals surface area contributed by atoms with Crippen molar-refractivity contribution in [3.8, 4) is 0 Å². The van der Waals surface area contributed by atoms with Crippen molar-refractivity contribution >= 4 is 22.5 Å². The lowest BCUT2D eigenvalue weighted by Gasteiger charge is -2.32. The third-order valence-corrected chi connectivity index (χ3v) is 4.49. The summed E-state index contributed by atoms with van der Waals surface area (Å²) in [6.45, 7) is 5.23. The minimum Gasteiger partial charge on any atom is -0.397 e. The van der Waals surface area contributed by atoms with E-state index in [4.69, 9.17) is 27.6 Å². The number of piperidine rings is 1. The van der Waals surface area contributed by atoms with Gasteiger partial charge in [0.25, 0.3) is 0 Å². The largest absolute Gasteiger partial charge is 0.397 e. The second-order valence-electron chi connectivity index (χ2n) is 5.68. The summed E-state index contributed by atoms with van der Waals surface area (Å²) in [5.74, 6) is 1.33. The Balaban J connectivity index is 2.17. The lowest BCUT2D eigenvalue weighted by molar-refractivity contribution is 0.203. The quantitative estimate of drug-likeness (QED) is 0.802. The van der Waals surface area contributed by atoms with Crippen molar-refractivity contribution < 1.29 is 4.52 Å². The Morgan fingerprint density at radius 1 is 1.50 bits per heavy atom. The molecule has 0 aliphatic carbocycles. The van der Waals surface area contributed by atoms with Gasteiger partial charge >= 0.3 is 0 Å². The van der Waals surface area contributed by atoms with Crippen LogP contribution in [0.15, 0.2) is 21.2 Å². The van der Waals surface area contributed by atoms with Gasteiger partial charge in [-0.2, -0.15) is 0 Å². The van der Waals surface area contributed by atoms with Crippen molar-refractivity contribution in [3.63, 3.8) is 0 Å². The summed E-state index contributed by atoms with van der Waals surface area (Å²) in [5.41, 5.74) is 13.9. The van der Waals surface area contributed by atoms with E-state index < -0.39 is 0 Å². The van der Waals surface area contributed by atoms with E-state index in [1.54, 1.807) is 13.1 Å². The number of hydrogen-bond donors (Lipinski definition) is 2. The molecule has 1 aromatic rings. The highest BCUT2D eigenvalue weighted by atomic mass is 35.5. The van der Waals surface area contributed by atoms with E-state index in [9.17, 15) is 0 Å². The number of aryl methyl sites for hydroxylation is 1. The number of halogens is 1. The summed E-state index contributed by atoms with van der Waals surface area (Å²) < 4.78 is 5.09. The minimum atomic E-state index is 0.416. The van der Waals surface area contributed by atoms with Crippen LogP contribution in [0.25, 0.3) is 5.70 Å². The maximum Gasteiger partial charge on any atom is 0.134 e. The molecule has 122 valence electrons. The number of likely N-dealkylation sites (tertiary alicyclic amines) is 1.